The first-order valence-corrected chi connectivity index (χ1v) is 11.2. The van der Waals surface area contributed by atoms with Gasteiger partial charge in [-0.3, -0.25) is 19.5 Å². The van der Waals surface area contributed by atoms with Crippen molar-refractivity contribution in [2.45, 2.75) is 19.1 Å². The summed E-state index contributed by atoms with van der Waals surface area (Å²) in [4.78, 5) is 32.7. The number of anilines is 1. The number of carbonyl (C=O) groups excluding carboxylic acids is 2. The monoisotopic (exact) mass is 484 g/mol. The molecule has 5 aromatic rings. The largest absolute Gasteiger partial charge is 0.467 e. The first-order valence-electron chi connectivity index (χ1n) is 11.2. The lowest BCUT2D eigenvalue weighted by molar-refractivity contribution is -0.127. The lowest BCUT2D eigenvalue weighted by Gasteiger charge is -2.31. The van der Waals surface area contributed by atoms with E-state index in [1.165, 1.54) is 46.4 Å². The number of benzene rings is 2. The SMILES string of the molecule is O=C(NCc1ccco1)[C@H](c1ccncc1)N(C(=O)Cn1nnc2ccccc21)c1cccc(F)c1. The summed E-state index contributed by atoms with van der Waals surface area (Å²) in [6, 6.07) is 18.4. The minimum Gasteiger partial charge on any atom is -0.467 e. The third-order valence-corrected chi connectivity index (χ3v) is 5.61. The van der Waals surface area contributed by atoms with Crippen molar-refractivity contribution in [3.63, 3.8) is 0 Å². The number of aromatic nitrogens is 4. The smallest absolute Gasteiger partial charge is 0.249 e. The van der Waals surface area contributed by atoms with Crippen LogP contribution < -0.4 is 10.2 Å². The molecule has 1 atom stereocenters. The highest BCUT2D eigenvalue weighted by atomic mass is 19.1. The summed E-state index contributed by atoms with van der Waals surface area (Å²) in [5.74, 6) is -0.944. The highest BCUT2D eigenvalue weighted by Crippen LogP contribution is 2.29. The number of nitrogens with zero attached hydrogens (tertiary/aromatic N) is 5. The second-order valence-electron chi connectivity index (χ2n) is 7.96. The van der Waals surface area contributed by atoms with Crippen molar-refractivity contribution in [3.05, 3.63) is 109 Å². The van der Waals surface area contributed by atoms with Crippen molar-refractivity contribution in [2.24, 2.45) is 0 Å². The van der Waals surface area contributed by atoms with Crippen LogP contribution in [0.15, 0.2) is 95.9 Å². The maximum Gasteiger partial charge on any atom is 0.249 e. The molecule has 2 aromatic carbocycles. The Balaban J connectivity index is 1.54. The van der Waals surface area contributed by atoms with Gasteiger partial charge in [0.15, 0.2) is 0 Å². The molecule has 0 saturated carbocycles. The lowest BCUT2D eigenvalue weighted by Crippen LogP contribution is -2.45. The fourth-order valence-electron chi connectivity index (χ4n) is 3.95. The Kier molecular flexibility index (Phi) is 6.48. The van der Waals surface area contributed by atoms with Crippen LogP contribution >= 0.6 is 0 Å². The van der Waals surface area contributed by atoms with E-state index in [9.17, 15) is 14.0 Å². The van der Waals surface area contributed by atoms with Crippen LogP contribution in [0.4, 0.5) is 10.1 Å². The summed E-state index contributed by atoms with van der Waals surface area (Å²) in [6.45, 7) is -0.101. The average molecular weight is 484 g/mol. The molecule has 0 aliphatic carbocycles. The second kappa shape index (κ2) is 10.2. The zero-order valence-corrected chi connectivity index (χ0v) is 19.0. The number of furan rings is 1. The van der Waals surface area contributed by atoms with E-state index in [4.69, 9.17) is 4.42 Å². The Morgan fingerprint density at radius 2 is 1.86 bits per heavy atom. The van der Waals surface area contributed by atoms with Crippen molar-refractivity contribution in [3.8, 4) is 0 Å². The highest BCUT2D eigenvalue weighted by molar-refractivity contribution is 6.01. The van der Waals surface area contributed by atoms with E-state index in [0.717, 1.165) is 0 Å². The molecule has 10 heteroatoms. The second-order valence-corrected chi connectivity index (χ2v) is 7.96. The molecule has 5 rings (SSSR count). The Morgan fingerprint density at radius 1 is 1.03 bits per heavy atom. The van der Waals surface area contributed by atoms with Crippen LogP contribution in [0.5, 0.6) is 0 Å². The van der Waals surface area contributed by atoms with Crippen molar-refractivity contribution in [1.82, 2.24) is 25.3 Å². The van der Waals surface area contributed by atoms with Crippen LogP contribution in [0, 0.1) is 5.82 Å². The van der Waals surface area contributed by atoms with Crippen LogP contribution in [0.1, 0.15) is 17.4 Å². The van der Waals surface area contributed by atoms with Crippen LogP contribution in [0.3, 0.4) is 0 Å². The molecular formula is C26H21FN6O3. The van der Waals surface area contributed by atoms with E-state index in [-0.39, 0.29) is 18.8 Å². The minimum absolute atomic E-state index is 0.117. The molecule has 180 valence electrons. The van der Waals surface area contributed by atoms with Gasteiger partial charge in [0, 0.05) is 18.1 Å². The zero-order chi connectivity index (χ0) is 24.9. The minimum atomic E-state index is -1.12. The number of rotatable bonds is 8. The summed E-state index contributed by atoms with van der Waals surface area (Å²) in [6.07, 6.45) is 4.56. The number of carbonyl (C=O) groups is 2. The first kappa shape index (κ1) is 22.9. The Bertz CT molecular complexity index is 1490. The number of halogens is 1. The van der Waals surface area contributed by atoms with E-state index in [1.807, 2.05) is 12.1 Å². The molecule has 0 aliphatic heterocycles. The third-order valence-electron chi connectivity index (χ3n) is 5.61. The quantitative estimate of drug-likeness (QED) is 0.360. The Morgan fingerprint density at radius 3 is 2.64 bits per heavy atom. The fourth-order valence-corrected chi connectivity index (χ4v) is 3.95. The topological polar surface area (TPSA) is 106 Å². The molecule has 1 N–H and O–H groups in total. The van der Waals surface area contributed by atoms with Gasteiger partial charge in [0.2, 0.25) is 11.8 Å². The third kappa shape index (κ3) is 4.83. The highest BCUT2D eigenvalue weighted by Gasteiger charge is 2.33. The Hall–Kier alpha value is -4.86. The van der Waals surface area contributed by atoms with Crippen molar-refractivity contribution < 1.29 is 18.4 Å². The van der Waals surface area contributed by atoms with Crippen molar-refractivity contribution in [2.75, 3.05) is 4.90 Å². The predicted molar refractivity (Wildman–Crippen MR) is 129 cm³/mol. The maximum absolute atomic E-state index is 14.3. The summed E-state index contributed by atoms with van der Waals surface area (Å²) in [5.41, 5.74) is 2.01. The summed E-state index contributed by atoms with van der Waals surface area (Å²) < 4.78 is 21.1. The number of hydrogen-bond donors (Lipinski definition) is 1. The maximum atomic E-state index is 14.3. The standard InChI is InChI=1S/C26H21FN6O3/c27-19-5-3-6-20(15-19)33(24(34)17-32-23-9-2-1-8-22(23)30-31-32)25(18-10-12-28-13-11-18)26(35)29-16-21-7-4-14-36-21/h1-15,25H,16-17H2,(H,29,35)/t25-/m0/s1. The molecule has 0 radical (unpaired) electrons. The molecule has 3 aromatic heterocycles. The molecule has 2 amide bonds. The van der Waals surface area contributed by atoms with Gasteiger partial charge in [-0.25, -0.2) is 9.07 Å². The van der Waals surface area contributed by atoms with Crippen LogP contribution in [-0.4, -0.2) is 31.8 Å². The fraction of sp³-hybridized carbons (Fsp3) is 0.115. The van der Waals surface area contributed by atoms with Crippen LogP contribution in [-0.2, 0) is 22.7 Å². The molecule has 0 bridgehead atoms. The van der Waals surface area contributed by atoms with Gasteiger partial charge in [0.05, 0.1) is 18.3 Å². The molecule has 0 spiro atoms. The van der Waals surface area contributed by atoms with E-state index >= 15 is 0 Å². The molecule has 0 aliphatic rings. The predicted octanol–water partition coefficient (Wildman–Crippen LogP) is 3.65. The number of hydrogen-bond acceptors (Lipinski definition) is 6. The molecule has 36 heavy (non-hydrogen) atoms. The molecule has 0 unspecified atom stereocenters. The van der Waals surface area contributed by atoms with Crippen LogP contribution in [0.25, 0.3) is 11.0 Å². The van der Waals surface area contributed by atoms with Crippen LogP contribution in [0.2, 0.25) is 0 Å². The van der Waals surface area contributed by atoms with Crippen molar-refractivity contribution in [1.29, 1.82) is 0 Å². The van der Waals surface area contributed by atoms with Gasteiger partial charge < -0.3 is 9.73 Å². The van der Waals surface area contributed by atoms with Gasteiger partial charge in [-0.05, 0) is 60.2 Å². The number of pyridine rings is 1. The van der Waals surface area contributed by atoms with Gasteiger partial charge in [0.25, 0.3) is 0 Å². The molecule has 0 saturated heterocycles. The molecule has 3 heterocycles. The van der Waals surface area contributed by atoms with E-state index in [0.29, 0.717) is 22.4 Å². The summed E-state index contributed by atoms with van der Waals surface area (Å²) in [5, 5.41) is 11.0. The zero-order valence-electron chi connectivity index (χ0n) is 19.0. The Labute approximate surface area is 205 Å². The normalized spacial score (nSPS) is 11.8. The van der Waals surface area contributed by atoms with Gasteiger partial charge in [0.1, 0.15) is 29.7 Å². The average Bonchev–Trinajstić information content (AvgIpc) is 3.56. The lowest BCUT2D eigenvalue weighted by atomic mass is 10.0. The van der Waals surface area contributed by atoms with E-state index < -0.39 is 23.7 Å². The number of amides is 2. The molecule has 9 nitrogen and oxygen atoms in total. The first-order chi connectivity index (χ1) is 17.6. The number of fused-ring (bicyclic) bond motifs is 1. The summed E-state index contributed by atoms with van der Waals surface area (Å²) >= 11 is 0. The van der Waals surface area contributed by atoms with Gasteiger partial charge in [-0.15, -0.1) is 5.10 Å². The number of para-hydroxylation sites is 1. The van der Waals surface area contributed by atoms with E-state index in [2.05, 4.69) is 20.6 Å². The van der Waals surface area contributed by atoms with Crippen molar-refractivity contribution >= 4 is 28.5 Å². The van der Waals surface area contributed by atoms with Gasteiger partial charge >= 0.3 is 0 Å². The van der Waals surface area contributed by atoms with E-state index in [1.54, 1.807) is 42.5 Å². The van der Waals surface area contributed by atoms with Gasteiger partial charge in [-0.1, -0.05) is 23.4 Å². The molecule has 0 fully saturated rings. The summed E-state index contributed by atoms with van der Waals surface area (Å²) in [7, 11) is 0. The van der Waals surface area contributed by atoms with Gasteiger partial charge in [-0.2, -0.15) is 0 Å². The number of nitrogens with one attached hydrogen (secondary N) is 1. The molecular weight excluding hydrogens is 463 g/mol.